The number of nitrogens with zero attached hydrogens (tertiary/aromatic N) is 1. The second-order valence-electron chi connectivity index (χ2n) is 4.87. The lowest BCUT2D eigenvalue weighted by Crippen LogP contribution is -2.27. The molecule has 0 aliphatic carbocycles. The van der Waals surface area contributed by atoms with Crippen molar-refractivity contribution in [3.05, 3.63) is 29.3 Å². The fourth-order valence-corrected chi connectivity index (χ4v) is 2.06. The highest BCUT2D eigenvalue weighted by Gasteiger charge is 2.15. The molecule has 1 unspecified atom stereocenters. The van der Waals surface area contributed by atoms with E-state index in [1.165, 1.54) is 11.1 Å². The fourth-order valence-electron chi connectivity index (χ4n) is 2.06. The van der Waals surface area contributed by atoms with Crippen molar-refractivity contribution in [1.82, 2.24) is 4.90 Å². The average Bonchev–Trinajstić information content (AvgIpc) is 2.29. The van der Waals surface area contributed by atoms with Gasteiger partial charge in [-0.05, 0) is 37.2 Å². The summed E-state index contributed by atoms with van der Waals surface area (Å²) in [5.41, 5.74) is 8.32. The summed E-state index contributed by atoms with van der Waals surface area (Å²) >= 11 is 0. The van der Waals surface area contributed by atoms with Gasteiger partial charge in [0.25, 0.3) is 0 Å². The number of nitrogens with two attached hydrogens (primary N) is 1. The Morgan fingerprint density at radius 3 is 2.35 bits per heavy atom. The van der Waals surface area contributed by atoms with Crippen molar-refractivity contribution >= 4 is 0 Å². The largest absolute Gasteiger partial charge is 0.496 e. The Morgan fingerprint density at radius 1 is 1.29 bits per heavy atom. The Balaban J connectivity index is 3.15. The Kier molecular flexibility index (Phi) is 4.97. The molecule has 1 aromatic carbocycles. The summed E-state index contributed by atoms with van der Waals surface area (Å²) < 4.78 is 5.39. The van der Waals surface area contributed by atoms with Crippen molar-refractivity contribution in [2.75, 3.05) is 27.7 Å². The molecule has 0 fully saturated rings. The number of hydrogen-bond donors (Lipinski definition) is 1. The molecule has 96 valence electrons. The molecule has 0 bridgehead atoms. The first-order chi connectivity index (χ1) is 8.01. The van der Waals surface area contributed by atoms with E-state index >= 15 is 0 Å². The molecule has 0 amide bonds. The number of rotatable bonds is 5. The summed E-state index contributed by atoms with van der Waals surface area (Å²) in [5.74, 6) is 1.41. The third-order valence-electron chi connectivity index (χ3n) is 3.11. The molecule has 3 heteroatoms. The summed E-state index contributed by atoms with van der Waals surface area (Å²) in [5, 5.41) is 0. The molecule has 3 nitrogen and oxygen atoms in total. The van der Waals surface area contributed by atoms with Crippen LogP contribution in [-0.2, 0) is 0 Å². The van der Waals surface area contributed by atoms with E-state index in [9.17, 15) is 0 Å². The van der Waals surface area contributed by atoms with Crippen molar-refractivity contribution in [2.45, 2.75) is 25.8 Å². The molecule has 0 aliphatic heterocycles. The van der Waals surface area contributed by atoms with Gasteiger partial charge in [-0.3, -0.25) is 0 Å². The maximum Gasteiger partial charge on any atom is 0.122 e. The van der Waals surface area contributed by atoms with Crippen LogP contribution in [0.1, 0.15) is 36.9 Å². The number of methoxy groups -OCH3 is 1. The van der Waals surface area contributed by atoms with Gasteiger partial charge in [-0.25, -0.2) is 0 Å². The highest BCUT2D eigenvalue weighted by molar-refractivity contribution is 5.40. The highest BCUT2D eigenvalue weighted by Crippen LogP contribution is 2.30. The molecule has 2 N–H and O–H groups in total. The average molecular weight is 236 g/mol. The topological polar surface area (TPSA) is 38.5 Å². The van der Waals surface area contributed by atoms with Crippen molar-refractivity contribution in [3.63, 3.8) is 0 Å². The molecule has 0 aliphatic rings. The van der Waals surface area contributed by atoms with Crippen LogP contribution in [0.25, 0.3) is 0 Å². The second-order valence-corrected chi connectivity index (χ2v) is 4.87. The third kappa shape index (κ3) is 3.20. The Labute approximate surface area is 105 Å². The van der Waals surface area contributed by atoms with Crippen LogP contribution in [0.5, 0.6) is 5.75 Å². The molecule has 0 heterocycles. The number of benzene rings is 1. The maximum absolute atomic E-state index is 5.83. The van der Waals surface area contributed by atoms with Gasteiger partial charge in [0.2, 0.25) is 0 Å². The van der Waals surface area contributed by atoms with Gasteiger partial charge in [0.1, 0.15) is 5.75 Å². The Morgan fingerprint density at radius 2 is 1.94 bits per heavy atom. The van der Waals surface area contributed by atoms with E-state index in [2.05, 4.69) is 45.0 Å². The Bertz CT molecular complexity index is 361. The van der Waals surface area contributed by atoms with Crippen LogP contribution in [0.2, 0.25) is 0 Å². The molecule has 0 saturated heterocycles. The van der Waals surface area contributed by atoms with E-state index in [1.54, 1.807) is 7.11 Å². The predicted octanol–water partition coefficient (Wildman–Crippen LogP) is 2.38. The Hall–Kier alpha value is -1.06. The van der Waals surface area contributed by atoms with Gasteiger partial charge in [0.15, 0.2) is 0 Å². The molecule has 0 saturated carbocycles. The van der Waals surface area contributed by atoms with Crippen LogP contribution in [-0.4, -0.2) is 32.6 Å². The molecular weight excluding hydrogens is 212 g/mol. The minimum atomic E-state index is 0.262. The predicted molar refractivity (Wildman–Crippen MR) is 72.6 cm³/mol. The van der Waals surface area contributed by atoms with Gasteiger partial charge in [-0.2, -0.15) is 0 Å². The van der Waals surface area contributed by atoms with Crippen molar-refractivity contribution < 1.29 is 4.74 Å². The maximum atomic E-state index is 5.83. The zero-order chi connectivity index (χ0) is 13.0. The van der Waals surface area contributed by atoms with Crippen LogP contribution < -0.4 is 10.5 Å². The third-order valence-corrected chi connectivity index (χ3v) is 3.11. The summed E-state index contributed by atoms with van der Waals surface area (Å²) in [7, 11) is 5.82. The van der Waals surface area contributed by atoms with Crippen LogP contribution in [0.15, 0.2) is 18.2 Å². The quantitative estimate of drug-likeness (QED) is 0.853. The fraction of sp³-hybridized carbons (Fsp3) is 0.571. The first kappa shape index (κ1) is 14.0. The van der Waals surface area contributed by atoms with Gasteiger partial charge in [-0.15, -0.1) is 0 Å². The van der Waals surface area contributed by atoms with Gasteiger partial charge in [0, 0.05) is 12.6 Å². The first-order valence-corrected chi connectivity index (χ1v) is 6.05. The van der Waals surface area contributed by atoms with E-state index in [0.29, 0.717) is 12.5 Å². The van der Waals surface area contributed by atoms with Crippen molar-refractivity contribution in [1.29, 1.82) is 0 Å². The number of likely N-dealkylation sites (N-methyl/N-ethyl adjacent to an activating group) is 1. The van der Waals surface area contributed by atoms with E-state index in [0.717, 1.165) is 5.75 Å². The van der Waals surface area contributed by atoms with Crippen LogP contribution in [0.3, 0.4) is 0 Å². The van der Waals surface area contributed by atoms with Crippen LogP contribution in [0.4, 0.5) is 0 Å². The van der Waals surface area contributed by atoms with Gasteiger partial charge in [0.05, 0.1) is 7.11 Å². The lowest BCUT2D eigenvalue weighted by molar-refractivity contribution is 0.305. The SMILES string of the molecule is COc1ccc(C(CN)N(C)C)cc1C(C)C. The second kappa shape index (κ2) is 6.03. The molecule has 1 rings (SSSR count). The molecule has 1 atom stereocenters. The molecular formula is C14H24N2O. The summed E-state index contributed by atoms with van der Waals surface area (Å²) in [6.45, 7) is 4.97. The summed E-state index contributed by atoms with van der Waals surface area (Å²) in [6, 6.07) is 6.61. The lowest BCUT2D eigenvalue weighted by atomic mass is 9.96. The van der Waals surface area contributed by atoms with E-state index in [4.69, 9.17) is 10.5 Å². The molecule has 0 spiro atoms. The van der Waals surface area contributed by atoms with Crippen molar-refractivity contribution in [3.8, 4) is 5.75 Å². The molecule has 1 aromatic rings. The zero-order valence-electron chi connectivity index (χ0n) is 11.5. The van der Waals surface area contributed by atoms with Crippen LogP contribution in [0, 0.1) is 0 Å². The number of hydrogen-bond acceptors (Lipinski definition) is 3. The zero-order valence-corrected chi connectivity index (χ0v) is 11.5. The standard InChI is InChI=1S/C14H24N2O/c1-10(2)12-8-11(6-7-14(12)17-5)13(9-15)16(3)4/h6-8,10,13H,9,15H2,1-5H3. The summed E-state index contributed by atoms with van der Waals surface area (Å²) in [4.78, 5) is 2.14. The lowest BCUT2D eigenvalue weighted by Gasteiger charge is -2.24. The van der Waals surface area contributed by atoms with Crippen LogP contribution >= 0.6 is 0 Å². The van der Waals surface area contributed by atoms with Crippen molar-refractivity contribution in [2.24, 2.45) is 5.73 Å². The van der Waals surface area contributed by atoms with Gasteiger partial charge in [-0.1, -0.05) is 26.0 Å². The molecule has 0 aromatic heterocycles. The van der Waals surface area contributed by atoms with E-state index in [1.807, 2.05) is 6.07 Å². The molecule has 0 radical (unpaired) electrons. The van der Waals surface area contributed by atoms with Gasteiger partial charge >= 0.3 is 0 Å². The van der Waals surface area contributed by atoms with E-state index < -0.39 is 0 Å². The number of ether oxygens (including phenoxy) is 1. The normalized spacial score (nSPS) is 13.2. The highest BCUT2D eigenvalue weighted by atomic mass is 16.5. The summed E-state index contributed by atoms with van der Waals surface area (Å²) in [6.07, 6.45) is 0. The van der Waals surface area contributed by atoms with Gasteiger partial charge < -0.3 is 15.4 Å². The monoisotopic (exact) mass is 236 g/mol. The minimum absolute atomic E-state index is 0.262. The first-order valence-electron chi connectivity index (χ1n) is 6.05. The smallest absolute Gasteiger partial charge is 0.122 e. The molecule has 17 heavy (non-hydrogen) atoms. The van der Waals surface area contributed by atoms with E-state index in [-0.39, 0.29) is 6.04 Å². The minimum Gasteiger partial charge on any atom is -0.496 e.